The molecular formula is C20H18N4OS2. The third kappa shape index (κ3) is 2.85. The van der Waals surface area contributed by atoms with E-state index < -0.39 is 0 Å². The smallest absolute Gasteiger partial charge is 0.197 e. The van der Waals surface area contributed by atoms with E-state index in [4.69, 9.17) is 0 Å². The number of thioether (sulfide) groups is 1. The summed E-state index contributed by atoms with van der Waals surface area (Å²) in [6, 6.07) is 9.36. The lowest BCUT2D eigenvalue weighted by Gasteiger charge is -2.18. The average molecular weight is 395 g/mol. The number of Topliss-reactive ketones (excluding diaryl/α,β-unsaturated/α-hetero) is 1. The van der Waals surface area contributed by atoms with Crippen molar-refractivity contribution in [1.82, 2.24) is 19.6 Å². The van der Waals surface area contributed by atoms with Gasteiger partial charge in [-0.3, -0.25) is 9.20 Å². The molecule has 1 aliphatic carbocycles. The lowest BCUT2D eigenvalue weighted by atomic mass is 9.87. The molecule has 0 N–H and O–H groups in total. The molecule has 0 unspecified atom stereocenters. The fourth-order valence-corrected chi connectivity index (χ4v) is 5.90. The SMILES string of the molecule is C[C@@H]1CCCc2sc3ncn4c(SCC(=O)c5ccccc5)nnc4c3c21. The summed E-state index contributed by atoms with van der Waals surface area (Å²) >= 11 is 3.20. The van der Waals surface area contributed by atoms with Crippen LogP contribution in [0.2, 0.25) is 0 Å². The Bertz CT molecular complexity index is 1150. The molecule has 1 aliphatic rings. The minimum Gasteiger partial charge on any atom is -0.293 e. The topological polar surface area (TPSA) is 60.2 Å². The molecule has 4 aromatic rings. The summed E-state index contributed by atoms with van der Waals surface area (Å²) in [4.78, 5) is 19.6. The van der Waals surface area contributed by atoms with Crippen LogP contribution in [0.1, 0.15) is 46.5 Å². The maximum Gasteiger partial charge on any atom is 0.197 e. The van der Waals surface area contributed by atoms with Gasteiger partial charge in [0, 0.05) is 10.4 Å². The molecule has 0 amide bonds. The van der Waals surface area contributed by atoms with Gasteiger partial charge in [-0.1, -0.05) is 49.0 Å². The fraction of sp³-hybridized carbons (Fsp3) is 0.300. The average Bonchev–Trinajstić information content (AvgIpc) is 3.28. The number of nitrogens with zero attached hydrogens (tertiary/aromatic N) is 4. The highest BCUT2D eigenvalue weighted by Crippen LogP contribution is 2.42. The number of thiophene rings is 1. The van der Waals surface area contributed by atoms with Crippen LogP contribution >= 0.6 is 23.1 Å². The third-order valence-corrected chi connectivity index (χ3v) is 7.26. The Hall–Kier alpha value is -2.25. The zero-order valence-electron chi connectivity index (χ0n) is 14.9. The summed E-state index contributed by atoms with van der Waals surface area (Å²) in [5, 5.41) is 10.7. The second kappa shape index (κ2) is 6.73. The quantitative estimate of drug-likeness (QED) is 0.369. The van der Waals surface area contributed by atoms with E-state index in [0.29, 0.717) is 16.8 Å². The molecule has 0 fully saturated rings. The van der Waals surface area contributed by atoms with Crippen molar-refractivity contribution < 1.29 is 4.79 Å². The normalized spacial score (nSPS) is 16.7. The molecule has 7 heteroatoms. The fourth-order valence-electron chi connectivity index (χ4n) is 3.80. The molecular weight excluding hydrogens is 376 g/mol. The first-order valence-electron chi connectivity index (χ1n) is 9.08. The van der Waals surface area contributed by atoms with Crippen LogP contribution in [0.5, 0.6) is 0 Å². The maximum absolute atomic E-state index is 12.4. The van der Waals surface area contributed by atoms with Crippen molar-refractivity contribution >= 4 is 44.7 Å². The first kappa shape index (κ1) is 16.9. The Kier molecular flexibility index (Phi) is 4.21. The Morgan fingerprint density at radius 3 is 3.00 bits per heavy atom. The van der Waals surface area contributed by atoms with E-state index in [0.717, 1.165) is 27.8 Å². The molecule has 1 atom stereocenters. The number of hydrogen-bond donors (Lipinski definition) is 0. The van der Waals surface area contributed by atoms with Gasteiger partial charge in [-0.25, -0.2) is 4.98 Å². The number of ketones is 1. The van der Waals surface area contributed by atoms with E-state index in [1.165, 1.54) is 35.0 Å². The maximum atomic E-state index is 12.4. The lowest BCUT2D eigenvalue weighted by Crippen LogP contribution is -2.04. The van der Waals surface area contributed by atoms with Crippen molar-refractivity contribution in [3.63, 3.8) is 0 Å². The van der Waals surface area contributed by atoms with E-state index in [2.05, 4.69) is 22.1 Å². The van der Waals surface area contributed by atoms with Crippen molar-refractivity contribution in [2.24, 2.45) is 0 Å². The van der Waals surface area contributed by atoms with Crippen molar-refractivity contribution in [2.75, 3.05) is 5.75 Å². The Labute approximate surface area is 164 Å². The van der Waals surface area contributed by atoms with Gasteiger partial charge in [0.2, 0.25) is 0 Å². The zero-order valence-corrected chi connectivity index (χ0v) is 16.5. The number of hydrogen-bond acceptors (Lipinski definition) is 6. The van der Waals surface area contributed by atoms with Crippen LogP contribution in [0.3, 0.4) is 0 Å². The van der Waals surface area contributed by atoms with Gasteiger partial charge in [0.25, 0.3) is 0 Å². The van der Waals surface area contributed by atoms with Gasteiger partial charge in [0.05, 0.1) is 11.1 Å². The number of aromatic nitrogens is 4. The summed E-state index contributed by atoms with van der Waals surface area (Å²) in [7, 11) is 0. The molecule has 0 saturated carbocycles. The number of benzene rings is 1. The molecule has 136 valence electrons. The zero-order chi connectivity index (χ0) is 18.4. The van der Waals surface area contributed by atoms with Crippen molar-refractivity contribution in [3.05, 3.63) is 52.7 Å². The predicted octanol–water partition coefficient (Wildman–Crippen LogP) is 4.75. The van der Waals surface area contributed by atoms with E-state index in [9.17, 15) is 4.79 Å². The molecule has 3 aromatic heterocycles. The number of fused-ring (bicyclic) bond motifs is 5. The summed E-state index contributed by atoms with van der Waals surface area (Å²) < 4.78 is 1.93. The largest absolute Gasteiger partial charge is 0.293 e. The monoisotopic (exact) mass is 394 g/mol. The minimum absolute atomic E-state index is 0.0907. The first-order valence-corrected chi connectivity index (χ1v) is 10.9. The molecule has 0 aliphatic heterocycles. The van der Waals surface area contributed by atoms with E-state index in [1.807, 2.05) is 34.7 Å². The van der Waals surface area contributed by atoms with Crippen molar-refractivity contribution in [3.8, 4) is 0 Å². The minimum atomic E-state index is 0.0907. The third-order valence-electron chi connectivity index (χ3n) is 5.14. The molecule has 27 heavy (non-hydrogen) atoms. The van der Waals surface area contributed by atoms with Crippen molar-refractivity contribution in [1.29, 1.82) is 0 Å². The van der Waals surface area contributed by atoms with Gasteiger partial charge in [0.15, 0.2) is 16.6 Å². The molecule has 0 saturated heterocycles. The second-order valence-corrected chi connectivity index (χ2v) is 8.94. The van der Waals surface area contributed by atoms with E-state index in [1.54, 1.807) is 17.7 Å². The number of aryl methyl sites for hydroxylation is 1. The lowest BCUT2D eigenvalue weighted by molar-refractivity contribution is 0.102. The predicted molar refractivity (Wildman–Crippen MR) is 109 cm³/mol. The summed E-state index contributed by atoms with van der Waals surface area (Å²) in [5.41, 5.74) is 2.99. The highest BCUT2D eigenvalue weighted by Gasteiger charge is 2.25. The summed E-state index contributed by atoms with van der Waals surface area (Å²) in [6.45, 7) is 2.29. The van der Waals surface area contributed by atoms with Crippen LogP contribution in [0.15, 0.2) is 41.8 Å². The highest BCUT2D eigenvalue weighted by molar-refractivity contribution is 7.99. The van der Waals surface area contributed by atoms with Crippen LogP contribution in [0, 0.1) is 0 Å². The molecule has 0 radical (unpaired) electrons. The van der Waals surface area contributed by atoms with Crippen LogP contribution < -0.4 is 0 Å². The van der Waals surface area contributed by atoms with E-state index >= 15 is 0 Å². The van der Waals surface area contributed by atoms with Gasteiger partial charge in [-0.15, -0.1) is 21.5 Å². The van der Waals surface area contributed by atoms with E-state index in [-0.39, 0.29) is 5.78 Å². The molecule has 1 aromatic carbocycles. The molecule has 0 spiro atoms. The van der Waals surface area contributed by atoms with Crippen LogP contribution in [0.4, 0.5) is 0 Å². The number of carbonyl (C=O) groups is 1. The van der Waals surface area contributed by atoms with Crippen LogP contribution in [-0.2, 0) is 6.42 Å². The standard InChI is InChI=1S/C20H18N4OS2/c1-12-6-5-9-15-16(12)17-18-22-23-20(24(18)11-21-19(17)27-15)26-10-14(25)13-7-3-2-4-8-13/h2-4,7-8,11-12H,5-6,9-10H2,1H3/t12-/m1/s1. The van der Waals surface area contributed by atoms with Gasteiger partial charge in [-0.05, 0) is 30.7 Å². The number of carbonyl (C=O) groups excluding carboxylic acids is 1. The van der Waals surface area contributed by atoms with Gasteiger partial charge < -0.3 is 0 Å². The molecule has 5 nitrogen and oxygen atoms in total. The molecule has 5 rings (SSSR count). The van der Waals surface area contributed by atoms with Gasteiger partial charge in [0.1, 0.15) is 11.2 Å². The Balaban J connectivity index is 1.51. The van der Waals surface area contributed by atoms with Crippen molar-refractivity contribution in [2.45, 2.75) is 37.3 Å². The second-order valence-electron chi connectivity index (χ2n) is 6.91. The summed E-state index contributed by atoms with van der Waals surface area (Å²) in [6.07, 6.45) is 5.38. The Morgan fingerprint density at radius 2 is 2.15 bits per heavy atom. The summed E-state index contributed by atoms with van der Waals surface area (Å²) in [5.74, 6) is 0.956. The molecule has 3 heterocycles. The van der Waals surface area contributed by atoms with Gasteiger partial charge in [-0.2, -0.15) is 0 Å². The van der Waals surface area contributed by atoms with Gasteiger partial charge >= 0.3 is 0 Å². The highest BCUT2D eigenvalue weighted by atomic mass is 32.2. The number of rotatable bonds is 4. The van der Waals surface area contributed by atoms with Crippen LogP contribution in [-0.4, -0.2) is 31.1 Å². The first-order chi connectivity index (χ1) is 13.2. The molecule has 0 bridgehead atoms. The van der Waals surface area contributed by atoms with Crippen LogP contribution in [0.25, 0.3) is 15.9 Å². The Morgan fingerprint density at radius 1 is 1.30 bits per heavy atom.